The number of aromatic nitrogens is 1. The van der Waals surface area contributed by atoms with Crippen molar-refractivity contribution in [3.63, 3.8) is 0 Å². The molecule has 0 radical (unpaired) electrons. The summed E-state index contributed by atoms with van der Waals surface area (Å²) in [6.45, 7) is 0.130. The molecule has 112 valence electrons. The van der Waals surface area contributed by atoms with E-state index in [1.165, 1.54) is 18.2 Å². The summed E-state index contributed by atoms with van der Waals surface area (Å²) in [4.78, 5) is 3.75. The van der Waals surface area contributed by atoms with E-state index in [1.807, 2.05) is 0 Å². The molecule has 0 atom stereocenters. The average molecular weight is 339 g/mol. The first-order chi connectivity index (χ1) is 9.75. The zero-order valence-electron chi connectivity index (χ0n) is 10.3. The van der Waals surface area contributed by atoms with Gasteiger partial charge >= 0.3 is 6.18 Å². The molecular weight excluding hydrogens is 331 g/mol. The number of alkyl halides is 3. The van der Waals surface area contributed by atoms with Crippen LogP contribution in [0.1, 0.15) is 11.1 Å². The maximum Gasteiger partial charge on any atom is 0.416 e. The molecule has 0 fully saturated rings. The zero-order valence-corrected chi connectivity index (χ0v) is 11.8. The van der Waals surface area contributed by atoms with Crippen molar-refractivity contribution in [1.82, 2.24) is 4.98 Å². The van der Waals surface area contributed by atoms with Crippen LogP contribution in [0.25, 0.3) is 0 Å². The minimum absolute atomic E-state index is 0.0322. The van der Waals surface area contributed by atoms with Crippen molar-refractivity contribution >= 4 is 29.0 Å². The molecule has 0 unspecified atom stereocenters. The molecule has 0 bridgehead atoms. The van der Waals surface area contributed by atoms with Crippen molar-refractivity contribution < 1.29 is 17.6 Å². The topological polar surface area (TPSA) is 24.9 Å². The molecular formula is C13H8Cl2F4N2. The first-order valence-electron chi connectivity index (χ1n) is 5.68. The van der Waals surface area contributed by atoms with Crippen molar-refractivity contribution in [3.8, 4) is 0 Å². The van der Waals surface area contributed by atoms with Crippen LogP contribution >= 0.6 is 23.2 Å². The highest BCUT2D eigenvalue weighted by Gasteiger charge is 2.31. The van der Waals surface area contributed by atoms with Gasteiger partial charge in [-0.25, -0.2) is 9.37 Å². The van der Waals surface area contributed by atoms with Crippen LogP contribution in [0.5, 0.6) is 0 Å². The third kappa shape index (κ3) is 4.22. The molecule has 1 N–H and O–H groups in total. The van der Waals surface area contributed by atoms with Gasteiger partial charge in [0.2, 0.25) is 0 Å². The average Bonchev–Trinajstić information content (AvgIpc) is 2.38. The lowest BCUT2D eigenvalue weighted by atomic mass is 10.2. The SMILES string of the molecule is Fc1ccc(CNc2cc(C(F)(F)F)cc(Cl)n2)cc1Cl. The van der Waals surface area contributed by atoms with E-state index in [-0.39, 0.29) is 22.5 Å². The fraction of sp³-hybridized carbons (Fsp3) is 0.154. The first-order valence-corrected chi connectivity index (χ1v) is 6.44. The number of benzene rings is 1. The van der Waals surface area contributed by atoms with Gasteiger partial charge in [0.1, 0.15) is 16.8 Å². The van der Waals surface area contributed by atoms with Crippen molar-refractivity contribution in [3.05, 3.63) is 57.5 Å². The second-order valence-electron chi connectivity index (χ2n) is 4.16. The molecule has 1 aromatic heterocycles. The lowest BCUT2D eigenvalue weighted by molar-refractivity contribution is -0.137. The molecule has 1 aromatic carbocycles. The van der Waals surface area contributed by atoms with Gasteiger partial charge in [-0.05, 0) is 29.8 Å². The Balaban J connectivity index is 2.16. The smallest absolute Gasteiger partial charge is 0.366 e. The Morgan fingerprint density at radius 2 is 1.81 bits per heavy atom. The van der Waals surface area contributed by atoms with Gasteiger partial charge in [-0.1, -0.05) is 29.3 Å². The highest BCUT2D eigenvalue weighted by atomic mass is 35.5. The molecule has 2 aromatic rings. The maximum absolute atomic E-state index is 13.0. The molecule has 0 saturated carbocycles. The summed E-state index contributed by atoms with van der Waals surface area (Å²) in [5.74, 6) is -0.601. The Morgan fingerprint density at radius 1 is 1.10 bits per heavy atom. The van der Waals surface area contributed by atoms with Gasteiger partial charge in [-0.2, -0.15) is 13.2 Å². The maximum atomic E-state index is 13.0. The third-order valence-electron chi connectivity index (χ3n) is 2.58. The van der Waals surface area contributed by atoms with Crippen LogP contribution in [0.2, 0.25) is 10.2 Å². The summed E-state index contributed by atoms with van der Waals surface area (Å²) < 4.78 is 50.9. The number of hydrogen-bond donors (Lipinski definition) is 1. The van der Waals surface area contributed by atoms with E-state index < -0.39 is 17.6 Å². The lowest BCUT2D eigenvalue weighted by Crippen LogP contribution is -2.08. The predicted molar refractivity (Wildman–Crippen MR) is 73.0 cm³/mol. The Bertz CT molecular complexity index is 659. The molecule has 0 aliphatic carbocycles. The minimum Gasteiger partial charge on any atom is -0.366 e. The number of halogens is 6. The third-order valence-corrected chi connectivity index (χ3v) is 3.06. The quantitative estimate of drug-likeness (QED) is 0.617. The van der Waals surface area contributed by atoms with Gasteiger partial charge in [0.25, 0.3) is 0 Å². The summed E-state index contributed by atoms with van der Waals surface area (Å²) in [6, 6.07) is 5.59. The largest absolute Gasteiger partial charge is 0.416 e. The van der Waals surface area contributed by atoms with Crippen molar-refractivity contribution in [2.24, 2.45) is 0 Å². The van der Waals surface area contributed by atoms with Gasteiger partial charge in [0.05, 0.1) is 10.6 Å². The Morgan fingerprint density at radius 3 is 2.43 bits per heavy atom. The van der Waals surface area contributed by atoms with Gasteiger partial charge in [0, 0.05) is 6.54 Å². The van der Waals surface area contributed by atoms with Crippen LogP contribution in [0.15, 0.2) is 30.3 Å². The highest BCUT2D eigenvalue weighted by Crippen LogP contribution is 2.32. The van der Waals surface area contributed by atoms with Crippen molar-refractivity contribution in [2.45, 2.75) is 12.7 Å². The van der Waals surface area contributed by atoms with Crippen molar-refractivity contribution in [2.75, 3.05) is 5.32 Å². The fourth-order valence-corrected chi connectivity index (χ4v) is 2.01. The molecule has 0 aliphatic rings. The molecule has 0 aliphatic heterocycles. The molecule has 0 saturated heterocycles. The minimum atomic E-state index is -4.51. The van der Waals surface area contributed by atoms with Crippen LogP contribution in [-0.2, 0) is 12.7 Å². The lowest BCUT2D eigenvalue weighted by Gasteiger charge is -2.11. The van der Waals surface area contributed by atoms with Crippen LogP contribution in [0.3, 0.4) is 0 Å². The summed E-state index contributed by atoms with van der Waals surface area (Å²) >= 11 is 11.2. The molecule has 2 rings (SSSR count). The van der Waals surface area contributed by atoms with Crippen LogP contribution in [0.4, 0.5) is 23.4 Å². The zero-order chi connectivity index (χ0) is 15.6. The Hall–Kier alpha value is -1.53. The molecule has 8 heteroatoms. The van der Waals surface area contributed by atoms with E-state index in [9.17, 15) is 17.6 Å². The number of rotatable bonds is 3. The van der Waals surface area contributed by atoms with E-state index in [4.69, 9.17) is 23.2 Å². The highest BCUT2D eigenvalue weighted by molar-refractivity contribution is 6.30. The second-order valence-corrected chi connectivity index (χ2v) is 4.96. The van der Waals surface area contributed by atoms with E-state index >= 15 is 0 Å². The Kier molecular flexibility index (Phi) is 4.58. The van der Waals surface area contributed by atoms with Crippen LogP contribution in [0, 0.1) is 5.82 Å². The number of nitrogens with one attached hydrogen (secondary N) is 1. The van der Waals surface area contributed by atoms with E-state index in [0.29, 0.717) is 5.56 Å². The predicted octanol–water partition coefficient (Wildman–Crippen LogP) is 5.16. The second kappa shape index (κ2) is 6.07. The van der Waals surface area contributed by atoms with Crippen LogP contribution in [-0.4, -0.2) is 4.98 Å². The Labute approximate surface area is 127 Å². The number of anilines is 1. The first kappa shape index (κ1) is 15.9. The van der Waals surface area contributed by atoms with Gasteiger partial charge in [-0.15, -0.1) is 0 Å². The summed E-state index contributed by atoms with van der Waals surface area (Å²) in [6.07, 6.45) is -4.51. The normalized spacial score (nSPS) is 11.5. The molecule has 2 nitrogen and oxygen atoms in total. The van der Waals surface area contributed by atoms with Crippen LogP contribution < -0.4 is 5.32 Å². The number of hydrogen-bond acceptors (Lipinski definition) is 2. The van der Waals surface area contributed by atoms with E-state index in [2.05, 4.69) is 10.3 Å². The summed E-state index contributed by atoms with van der Waals surface area (Å²) in [5.41, 5.74) is -0.307. The molecule has 0 spiro atoms. The van der Waals surface area contributed by atoms with Gasteiger partial charge in [0.15, 0.2) is 0 Å². The van der Waals surface area contributed by atoms with Gasteiger partial charge in [-0.3, -0.25) is 0 Å². The van der Waals surface area contributed by atoms with Crippen molar-refractivity contribution in [1.29, 1.82) is 0 Å². The number of pyridine rings is 1. The number of nitrogens with zero attached hydrogens (tertiary/aromatic N) is 1. The van der Waals surface area contributed by atoms with E-state index in [1.54, 1.807) is 0 Å². The summed E-state index contributed by atoms with van der Waals surface area (Å²) in [7, 11) is 0. The molecule has 0 amide bonds. The van der Waals surface area contributed by atoms with E-state index in [0.717, 1.165) is 12.1 Å². The standard InChI is InChI=1S/C13H8Cl2F4N2/c14-9-3-7(1-2-10(9)16)6-20-12-5-8(13(17,18)19)4-11(15)21-12/h1-5H,6H2,(H,20,21). The monoisotopic (exact) mass is 338 g/mol. The molecule has 1 heterocycles. The van der Waals surface area contributed by atoms with Gasteiger partial charge < -0.3 is 5.32 Å². The fourth-order valence-electron chi connectivity index (χ4n) is 1.59. The summed E-state index contributed by atoms with van der Waals surface area (Å²) in [5, 5.41) is 2.35. The molecule has 21 heavy (non-hydrogen) atoms.